The van der Waals surface area contributed by atoms with Gasteiger partial charge in [-0.05, 0) is 38.3 Å². The third-order valence-electron chi connectivity index (χ3n) is 5.84. The number of benzene rings is 2. The summed E-state index contributed by atoms with van der Waals surface area (Å²) in [6, 6.07) is 19.8. The van der Waals surface area contributed by atoms with E-state index in [9.17, 15) is 9.59 Å². The Morgan fingerprint density at radius 3 is 2.07 bits per heavy atom. The molecular weight excluding hydrogens is 364 g/mol. The number of carbonyl (C=O) groups excluding carboxylic acids is 2. The Morgan fingerprint density at radius 2 is 1.59 bits per heavy atom. The average molecular weight is 392 g/mol. The second kappa shape index (κ2) is 7.21. The molecular formula is C24H28N2O3. The molecule has 5 heteroatoms. The van der Waals surface area contributed by atoms with Crippen LogP contribution in [0.1, 0.15) is 50.8 Å². The van der Waals surface area contributed by atoms with Crippen molar-refractivity contribution >= 4 is 12.0 Å². The first-order valence-electron chi connectivity index (χ1n) is 10.2. The van der Waals surface area contributed by atoms with Crippen molar-refractivity contribution in [3.63, 3.8) is 0 Å². The first-order valence-corrected chi connectivity index (χ1v) is 10.2. The lowest BCUT2D eigenvalue weighted by molar-refractivity contribution is -0.163. The van der Waals surface area contributed by atoms with Crippen LogP contribution in [-0.4, -0.2) is 40.5 Å². The molecule has 2 aliphatic rings. The Morgan fingerprint density at radius 1 is 0.966 bits per heavy atom. The monoisotopic (exact) mass is 392 g/mol. The summed E-state index contributed by atoms with van der Waals surface area (Å²) in [4.78, 5) is 30.3. The van der Waals surface area contributed by atoms with E-state index in [0.717, 1.165) is 17.5 Å². The maximum absolute atomic E-state index is 13.9. The highest BCUT2D eigenvalue weighted by atomic mass is 16.6. The van der Waals surface area contributed by atoms with Crippen LogP contribution in [0.5, 0.6) is 0 Å². The van der Waals surface area contributed by atoms with Crippen molar-refractivity contribution in [3.8, 4) is 0 Å². The molecule has 2 atom stereocenters. The van der Waals surface area contributed by atoms with Crippen molar-refractivity contribution in [2.24, 2.45) is 0 Å². The van der Waals surface area contributed by atoms with E-state index in [0.29, 0.717) is 19.5 Å². The lowest BCUT2D eigenvalue weighted by Crippen LogP contribution is -2.69. The van der Waals surface area contributed by atoms with Crippen LogP contribution in [0.2, 0.25) is 0 Å². The lowest BCUT2D eigenvalue weighted by atomic mass is 9.75. The van der Waals surface area contributed by atoms with Gasteiger partial charge in [0.05, 0.1) is 6.04 Å². The molecule has 0 radical (unpaired) electrons. The molecule has 0 saturated carbocycles. The summed E-state index contributed by atoms with van der Waals surface area (Å²) in [5.74, 6) is -0.0130. The first-order chi connectivity index (χ1) is 13.8. The highest BCUT2D eigenvalue weighted by Crippen LogP contribution is 2.46. The molecule has 2 fully saturated rings. The fraction of sp³-hybridized carbons (Fsp3) is 0.417. The Balaban J connectivity index is 1.67. The zero-order valence-electron chi connectivity index (χ0n) is 17.3. The molecule has 0 bridgehead atoms. The van der Waals surface area contributed by atoms with Gasteiger partial charge < -0.3 is 9.64 Å². The molecule has 0 aromatic heterocycles. The van der Waals surface area contributed by atoms with Crippen LogP contribution < -0.4 is 0 Å². The molecule has 0 unspecified atom stereocenters. The number of rotatable bonds is 3. The van der Waals surface area contributed by atoms with Crippen molar-refractivity contribution in [1.29, 1.82) is 0 Å². The molecule has 2 amide bonds. The third-order valence-corrected chi connectivity index (χ3v) is 5.84. The minimum Gasteiger partial charge on any atom is -0.444 e. The van der Waals surface area contributed by atoms with Crippen LogP contribution in [0.4, 0.5) is 4.79 Å². The van der Waals surface area contributed by atoms with Crippen LogP contribution in [0.15, 0.2) is 60.7 Å². The van der Waals surface area contributed by atoms with Crippen molar-refractivity contribution in [3.05, 3.63) is 71.8 Å². The average Bonchev–Trinajstić information content (AvgIpc) is 2.60. The minimum absolute atomic E-state index is 0.0130. The summed E-state index contributed by atoms with van der Waals surface area (Å²) in [6.07, 6.45) is 1.11. The Hall–Kier alpha value is -2.82. The van der Waals surface area contributed by atoms with Crippen molar-refractivity contribution in [1.82, 2.24) is 9.80 Å². The number of ether oxygens (including phenoxy) is 1. The van der Waals surface area contributed by atoms with Gasteiger partial charge in [0.25, 0.3) is 5.91 Å². The molecule has 0 spiro atoms. The van der Waals surface area contributed by atoms with Gasteiger partial charge in [0, 0.05) is 19.5 Å². The Labute approximate surface area is 172 Å². The molecule has 2 aromatic carbocycles. The zero-order valence-corrected chi connectivity index (χ0v) is 17.3. The van der Waals surface area contributed by atoms with Crippen LogP contribution in [0, 0.1) is 0 Å². The summed E-state index contributed by atoms with van der Waals surface area (Å²) >= 11 is 0. The topological polar surface area (TPSA) is 49.9 Å². The molecule has 0 aliphatic carbocycles. The van der Waals surface area contributed by atoms with Crippen molar-refractivity contribution in [2.45, 2.75) is 50.8 Å². The SMILES string of the molecule is CC(C)(C)OC(=O)N1CC[C@]1(C(=O)N1CC[C@@H]1c1ccccc1)c1ccccc1. The molecule has 0 N–H and O–H groups in total. The van der Waals surface area contributed by atoms with Gasteiger partial charge in [-0.3, -0.25) is 9.69 Å². The van der Waals surface area contributed by atoms with Gasteiger partial charge in [0.15, 0.2) is 5.54 Å². The van der Waals surface area contributed by atoms with Gasteiger partial charge in [0.1, 0.15) is 5.60 Å². The molecule has 2 aromatic rings. The number of amides is 2. The number of hydrogen-bond acceptors (Lipinski definition) is 3. The van der Waals surface area contributed by atoms with E-state index in [2.05, 4.69) is 12.1 Å². The smallest absolute Gasteiger partial charge is 0.411 e. The fourth-order valence-corrected chi connectivity index (χ4v) is 4.26. The highest BCUT2D eigenvalue weighted by molar-refractivity contribution is 5.93. The van der Waals surface area contributed by atoms with Crippen molar-refractivity contribution < 1.29 is 14.3 Å². The number of likely N-dealkylation sites (tertiary alicyclic amines) is 2. The van der Waals surface area contributed by atoms with Gasteiger partial charge in [-0.25, -0.2) is 4.79 Å². The van der Waals surface area contributed by atoms with Crippen LogP contribution in [0.3, 0.4) is 0 Å². The van der Waals surface area contributed by atoms with E-state index in [1.807, 2.05) is 74.2 Å². The quantitative estimate of drug-likeness (QED) is 0.773. The van der Waals surface area contributed by atoms with E-state index < -0.39 is 17.2 Å². The van der Waals surface area contributed by atoms with E-state index >= 15 is 0 Å². The van der Waals surface area contributed by atoms with Crippen LogP contribution >= 0.6 is 0 Å². The Kier molecular flexibility index (Phi) is 4.85. The standard InChI is InChI=1S/C24H28N2O3/c1-23(2,3)29-22(28)26-17-15-24(26,19-12-8-5-9-13-19)21(27)25-16-14-20(25)18-10-6-4-7-11-18/h4-13,20H,14-17H2,1-3H3/t20-,24-/m1/s1. The van der Waals surface area contributed by atoms with Gasteiger partial charge in [-0.2, -0.15) is 0 Å². The number of carbonyl (C=O) groups is 2. The van der Waals surface area contributed by atoms with E-state index in [1.54, 1.807) is 4.90 Å². The first kappa shape index (κ1) is 19.5. The maximum atomic E-state index is 13.9. The summed E-state index contributed by atoms with van der Waals surface area (Å²) < 4.78 is 5.63. The molecule has 2 aliphatic heterocycles. The van der Waals surface area contributed by atoms with E-state index in [-0.39, 0.29) is 11.9 Å². The molecule has 5 nitrogen and oxygen atoms in total. The van der Waals surface area contributed by atoms with E-state index in [4.69, 9.17) is 4.74 Å². The predicted octanol–water partition coefficient (Wildman–Crippen LogP) is 4.50. The van der Waals surface area contributed by atoms with E-state index in [1.165, 1.54) is 0 Å². The minimum atomic E-state index is -0.989. The number of hydrogen-bond donors (Lipinski definition) is 0. The maximum Gasteiger partial charge on any atom is 0.411 e. The highest BCUT2D eigenvalue weighted by Gasteiger charge is 2.58. The summed E-state index contributed by atoms with van der Waals surface area (Å²) in [5, 5.41) is 0. The lowest BCUT2D eigenvalue weighted by Gasteiger charge is -2.55. The summed E-state index contributed by atoms with van der Waals surface area (Å²) in [7, 11) is 0. The normalized spacial score (nSPS) is 23.8. The van der Waals surface area contributed by atoms with Gasteiger partial charge in [-0.1, -0.05) is 60.7 Å². The van der Waals surface area contributed by atoms with Crippen LogP contribution in [0.25, 0.3) is 0 Å². The molecule has 152 valence electrons. The second-order valence-electron chi connectivity index (χ2n) is 8.82. The van der Waals surface area contributed by atoms with Gasteiger partial charge in [0.2, 0.25) is 0 Å². The summed E-state index contributed by atoms with van der Waals surface area (Å²) in [6.45, 7) is 6.75. The fourth-order valence-electron chi connectivity index (χ4n) is 4.26. The molecule has 4 rings (SSSR count). The summed E-state index contributed by atoms with van der Waals surface area (Å²) in [5.41, 5.74) is 0.387. The predicted molar refractivity (Wildman–Crippen MR) is 111 cm³/mol. The Bertz CT molecular complexity index is 891. The zero-order chi connectivity index (χ0) is 20.6. The number of nitrogens with zero attached hydrogens (tertiary/aromatic N) is 2. The van der Waals surface area contributed by atoms with Gasteiger partial charge in [-0.15, -0.1) is 0 Å². The molecule has 29 heavy (non-hydrogen) atoms. The second-order valence-corrected chi connectivity index (χ2v) is 8.82. The molecule has 2 heterocycles. The largest absolute Gasteiger partial charge is 0.444 e. The third kappa shape index (κ3) is 3.39. The van der Waals surface area contributed by atoms with Crippen LogP contribution in [-0.2, 0) is 15.1 Å². The van der Waals surface area contributed by atoms with Gasteiger partial charge >= 0.3 is 6.09 Å². The molecule has 2 saturated heterocycles. The van der Waals surface area contributed by atoms with Crippen molar-refractivity contribution in [2.75, 3.05) is 13.1 Å².